The van der Waals surface area contributed by atoms with Gasteiger partial charge >= 0.3 is 0 Å². The number of hydrogen-bond acceptors (Lipinski definition) is 5. The molecule has 0 spiro atoms. The van der Waals surface area contributed by atoms with E-state index < -0.39 is 0 Å². The summed E-state index contributed by atoms with van der Waals surface area (Å²) in [7, 11) is 5.77. The van der Waals surface area contributed by atoms with Crippen LogP contribution in [0.4, 0.5) is 5.82 Å². The number of nitrogens with zero attached hydrogens (tertiary/aromatic N) is 7. The minimum Gasteiger partial charge on any atom is -0.354 e. The molecule has 1 aliphatic heterocycles. The molecule has 8 heteroatoms. The van der Waals surface area contributed by atoms with Crippen LogP contribution in [0.3, 0.4) is 0 Å². The third-order valence-corrected chi connectivity index (χ3v) is 5.07. The highest BCUT2D eigenvalue weighted by molar-refractivity contribution is 5.88. The fourth-order valence-electron chi connectivity index (χ4n) is 3.57. The van der Waals surface area contributed by atoms with Gasteiger partial charge in [-0.2, -0.15) is 5.26 Å². The Morgan fingerprint density at radius 3 is 3.00 bits per heavy atom. The van der Waals surface area contributed by atoms with E-state index in [-0.39, 0.29) is 6.04 Å². The molecule has 132 valence electrons. The van der Waals surface area contributed by atoms with Gasteiger partial charge in [0.05, 0.1) is 11.4 Å². The third kappa shape index (κ3) is 3.09. The summed E-state index contributed by atoms with van der Waals surface area (Å²) < 4.78 is 2.00. The van der Waals surface area contributed by atoms with Gasteiger partial charge in [0.25, 0.3) is 0 Å². The summed E-state index contributed by atoms with van der Waals surface area (Å²) in [6.07, 6.45) is 6.63. The van der Waals surface area contributed by atoms with Crippen molar-refractivity contribution in [1.82, 2.24) is 24.8 Å². The highest BCUT2D eigenvalue weighted by atomic mass is 15.3. The summed E-state index contributed by atoms with van der Waals surface area (Å²) in [5.41, 5.74) is 0.930. The summed E-state index contributed by atoms with van der Waals surface area (Å²) in [5, 5.41) is 12.7. The first-order valence-electron chi connectivity index (χ1n) is 8.42. The van der Waals surface area contributed by atoms with Crippen molar-refractivity contribution in [2.75, 3.05) is 32.1 Å². The molecule has 25 heavy (non-hydrogen) atoms. The van der Waals surface area contributed by atoms with Crippen LogP contribution in [0.15, 0.2) is 23.6 Å². The van der Waals surface area contributed by atoms with Gasteiger partial charge in [0.2, 0.25) is 5.96 Å². The molecule has 1 N–H and O–H groups in total. The van der Waals surface area contributed by atoms with Gasteiger partial charge in [-0.05, 0) is 18.4 Å². The quantitative estimate of drug-likeness (QED) is 0.382. The topological polar surface area (TPSA) is 85.4 Å². The van der Waals surface area contributed by atoms with Crippen LogP contribution in [-0.4, -0.2) is 58.6 Å². The minimum absolute atomic E-state index is 0.268. The van der Waals surface area contributed by atoms with Crippen molar-refractivity contribution in [3.05, 3.63) is 18.6 Å². The molecule has 0 saturated carbocycles. The number of fused-ring (bicyclic) bond motifs is 1. The molecule has 3 rings (SSSR count). The van der Waals surface area contributed by atoms with Crippen LogP contribution in [-0.2, 0) is 7.05 Å². The Hall–Kier alpha value is -2.82. The summed E-state index contributed by atoms with van der Waals surface area (Å²) in [4.78, 5) is 17.5. The Bertz CT molecular complexity index is 818. The molecule has 0 aliphatic carbocycles. The highest BCUT2D eigenvalue weighted by Crippen LogP contribution is 2.29. The summed E-state index contributed by atoms with van der Waals surface area (Å²) in [6.45, 7) is 3.94. The lowest BCUT2D eigenvalue weighted by Gasteiger charge is -2.42. The number of aliphatic imine (C=N–C) groups is 1. The number of guanidine groups is 1. The molecule has 0 radical (unpaired) electrons. The predicted molar refractivity (Wildman–Crippen MR) is 98.2 cm³/mol. The van der Waals surface area contributed by atoms with Crippen molar-refractivity contribution in [2.24, 2.45) is 18.0 Å². The van der Waals surface area contributed by atoms with Crippen LogP contribution >= 0.6 is 0 Å². The van der Waals surface area contributed by atoms with E-state index in [4.69, 9.17) is 5.26 Å². The van der Waals surface area contributed by atoms with Crippen molar-refractivity contribution in [1.29, 1.82) is 5.26 Å². The first kappa shape index (κ1) is 17.0. The van der Waals surface area contributed by atoms with E-state index in [0.29, 0.717) is 11.9 Å². The van der Waals surface area contributed by atoms with Gasteiger partial charge in [-0.1, -0.05) is 6.92 Å². The number of piperidine rings is 1. The zero-order valence-electron chi connectivity index (χ0n) is 15.1. The Balaban J connectivity index is 1.89. The number of hydrogen-bond donors (Lipinski definition) is 1. The van der Waals surface area contributed by atoms with Crippen molar-refractivity contribution >= 4 is 22.8 Å². The van der Waals surface area contributed by atoms with Crippen LogP contribution < -0.4 is 10.2 Å². The van der Waals surface area contributed by atoms with Crippen LogP contribution in [0.2, 0.25) is 0 Å². The molecule has 2 aromatic rings. The number of nitrogens with one attached hydrogen (secondary N) is 1. The molecule has 8 nitrogen and oxygen atoms in total. The number of rotatable bonds is 2. The highest BCUT2D eigenvalue weighted by Gasteiger charge is 2.32. The largest absolute Gasteiger partial charge is 0.354 e. The molecule has 1 aliphatic rings. The molecule has 0 bridgehead atoms. The normalized spacial score (nSPS) is 21.2. The second kappa shape index (κ2) is 6.97. The van der Waals surface area contributed by atoms with Crippen molar-refractivity contribution < 1.29 is 0 Å². The summed E-state index contributed by atoms with van der Waals surface area (Å²) in [5.74, 6) is 2.07. The second-order valence-corrected chi connectivity index (χ2v) is 6.54. The Labute approximate surface area is 147 Å². The Morgan fingerprint density at radius 1 is 1.48 bits per heavy atom. The molecular weight excluding hydrogens is 316 g/mol. The van der Waals surface area contributed by atoms with Crippen molar-refractivity contribution in [3.8, 4) is 6.19 Å². The predicted octanol–water partition coefficient (Wildman–Crippen LogP) is 1.17. The van der Waals surface area contributed by atoms with E-state index in [1.807, 2.05) is 24.0 Å². The van der Waals surface area contributed by atoms with Gasteiger partial charge in [-0.15, -0.1) is 0 Å². The molecule has 3 heterocycles. The lowest BCUT2D eigenvalue weighted by Crippen LogP contribution is -2.55. The smallest absolute Gasteiger partial charge is 0.207 e. The molecule has 1 fully saturated rings. The van der Waals surface area contributed by atoms with Gasteiger partial charge < -0.3 is 14.4 Å². The standard InChI is InChI=1S/C17H24N8/c1-12-5-8-25(17(19-2)20-10-18)9-14(12)24(4)16-13-6-7-23(3)15(13)21-11-22-16/h6-7,11-12,14H,5,8-9H2,1-4H3,(H,19,20)/t12-,14+/m1/s1. The van der Waals surface area contributed by atoms with E-state index >= 15 is 0 Å². The van der Waals surface area contributed by atoms with Crippen molar-refractivity contribution in [2.45, 2.75) is 19.4 Å². The maximum atomic E-state index is 8.93. The zero-order valence-corrected chi connectivity index (χ0v) is 15.1. The van der Waals surface area contributed by atoms with Gasteiger partial charge in [0, 0.05) is 40.4 Å². The van der Waals surface area contributed by atoms with Crippen LogP contribution in [0, 0.1) is 17.4 Å². The fourth-order valence-corrected chi connectivity index (χ4v) is 3.57. The van der Waals surface area contributed by atoms with Gasteiger partial charge in [-0.25, -0.2) is 9.97 Å². The monoisotopic (exact) mass is 340 g/mol. The molecule has 0 amide bonds. The number of aryl methyl sites for hydroxylation is 1. The number of likely N-dealkylation sites (tertiary alicyclic amines) is 1. The van der Waals surface area contributed by atoms with Gasteiger partial charge in [0.15, 0.2) is 6.19 Å². The maximum Gasteiger partial charge on any atom is 0.207 e. The molecule has 1 saturated heterocycles. The molecule has 2 atom stereocenters. The first-order valence-corrected chi connectivity index (χ1v) is 8.42. The minimum atomic E-state index is 0.268. The molecule has 0 unspecified atom stereocenters. The third-order valence-electron chi connectivity index (χ3n) is 5.07. The van der Waals surface area contributed by atoms with E-state index in [1.54, 1.807) is 13.4 Å². The summed E-state index contributed by atoms with van der Waals surface area (Å²) in [6, 6.07) is 2.33. The molecule has 0 aromatic carbocycles. The molecule has 2 aromatic heterocycles. The fraction of sp³-hybridized carbons (Fsp3) is 0.529. The maximum absolute atomic E-state index is 8.93. The average molecular weight is 340 g/mol. The number of anilines is 1. The SMILES string of the molecule is CN=C(NC#N)N1CC[C@@H](C)[C@@H](N(C)c2ncnc3c2ccn3C)C1. The Kier molecular flexibility index (Phi) is 4.74. The lowest BCUT2D eigenvalue weighted by atomic mass is 9.92. The lowest BCUT2D eigenvalue weighted by molar-refractivity contribution is 0.235. The van der Waals surface area contributed by atoms with Crippen LogP contribution in [0.1, 0.15) is 13.3 Å². The summed E-state index contributed by atoms with van der Waals surface area (Å²) >= 11 is 0. The van der Waals surface area contributed by atoms with E-state index in [0.717, 1.165) is 36.4 Å². The van der Waals surface area contributed by atoms with E-state index in [1.165, 1.54) is 0 Å². The van der Waals surface area contributed by atoms with E-state index in [2.05, 4.69) is 50.1 Å². The zero-order chi connectivity index (χ0) is 18.0. The molecular formula is C17H24N8. The number of aromatic nitrogens is 3. The van der Waals surface area contributed by atoms with Crippen molar-refractivity contribution in [3.63, 3.8) is 0 Å². The number of likely N-dealkylation sites (N-methyl/N-ethyl adjacent to an activating group) is 1. The first-order chi connectivity index (χ1) is 12.1. The van der Waals surface area contributed by atoms with E-state index in [9.17, 15) is 0 Å². The number of nitriles is 1. The Morgan fingerprint density at radius 2 is 2.28 bits per heavy atom. The van der Waals surface area contributed by atoms with Crippen LogP contribution in [0.5, 0.6) is 0 Å². The second-order valence-electron chi connectivity index (χ2n) is 6.54. The van der Waals surface area contributed by atoms with Crippen LogP contribution in [0.25, 0.3) is 11.0 Å². The average Bonchev–Trinajstić information content (AvgIpc) is 3.01. The van der Waals surface area contributed by atoms with Gasteiger partial charge in [0.1, 0.15) is 17.8 Å². The van der Waals surface area contributed by atoms with Gasteiger partial charge in [-0.3, -0.25) is 10.3 Å².